The van der Waals surface area contributed by atoms with Crippen LogP contribution in [0.15, 0.2) is 42.5 Å². The quantitative estimate of drug-likeness (QED) is 0.768. The molecule has 146 valence electrons. The average molecular weight is 380 g/mol. The van der Waals surface area contributed by atoms with Crippen LogP contribution in [-0.2, 0) is 22.4 Å². The van der Waals surface area contributed by atoms with Gasteiger partial charge in [-0.2, -0.15) is 0 Å². The van der Waals surface area contributed by atoms with Gasteiger partial charge in [0, 0.05) is 30.8 Å². The summed E-state index contributed by atoms with van der Waals surface area (Å²) < 4.78 is 0. The maximum atomic E-state index is 12.3. The zero-order chi connectivity index (χ0) is 20.1. The molecule has 0 radical (unpaired) electrons. The molecular weight excluding hydrogens is 356 g/mol. The summed E-state index contributed by atoms with van der Waals surface area (Å²) in [6.07, 6.45) is 2.93. The number of anilines is 2. The smallest absolute Gasteiger partial charge is 0.335 e. The van der Waals surface area contributed by atoms with E-state index in [9.17, 15) is 14.4 Å². The molecule has 2 N–H and O–H groups in total. The first-order chi connectivity index (χ1) is 13.5. The van der Waals surface area contributed by atoms with E-state index in [1.165, 1.54) is 0 Å². The first-order valence-corrected chi connectivity index (χ1v) is 9.53. The van der Waals surface area contributed by atoms with Crippen LogP contribution in [0.5, 0.6) is 0 Å². The fourth-order valence-corrected chi connectivity index (χ4v) is 3.40. The number of amides is 2. The third-order valence-corrected chi connectivity index (χ3v) is 4.85. The minimum atomic E-state index is -0.962. The lowest BCUT2D eigenvalue weighted by Gasteiger charge is -2.29. The zero-order valence-electron chi connectivity index (χ0n) is 15.9. The molecular formula is C22H24N2O4. The van der Waals surface area contributed by atoms with Crippen LogP contribution in [0, 0.1) is 0 Å². The number of benzene rings is 2. The van der Waals surface area contributed by atoms with Gasteiger partial charge in [-0.15, -0.1) is 0 Å². The molecule has 3 rings (SSSR count). The maximum Gasteiger partial charge on any atom is 0.335 e. The first kappa shape index (κ1) is 19.6. The van der Waals surface area contributed by atoms with Crippen LogP contribution in [0.3, 0.4) is 0 Å². The predicted octanol–water partition coefficient (Wildman–Crippen LogP) is 3.65. The second-order valence-corrected chi connectivity index (χ2v) is 6.94. The molecule has 0 bridgehead atoms. The number of hydrogen-bond donors (Lipinski definition) is 2. The predicted molar refractivity (Wildman–Crippen MR) is 108 cm³/mol. The standard InChI is InChI=1S/C22H24N2O4/c1-2-13-24-19-10-9-18(14-17(19)8-12-21(24)26)23-20(25)11-5-15-3-6-16(7-4-15)22(27)28/h3-4,6-7,9-10,14H,2,5,8,11-13H2,1H3,(H,23,25)(H,27,28). The van der Waals surface area contributed by atoms with Crippen molar-refractivity contribution >= 4 is 29.2 Å². The minimum Gasteiger partial charge on any atom is -0.478 e. The van der Waals surface area contributed by atoms with Gasteiger partial charge in [0.25, 0.3) is 0 Å². The molecule has 0 atom stereocenters. The number of nitrogens with zero attached hydrogens (tertiary/aromatic N) is 1. The Labute approximate surface area is 164 Å². The molecule has 2 amide bonds. The molecule has 2 aromatic carbocycles. The van der Waals surface area contributed by atoms with Gasteiger partial charge in [-0.1, -0.05) is 19.1 Å². The summed E-state index contributed by atoms with van der Waals surface area (Å²) in [6, 6.07) is 12.2. The molecule has 2 aromatic rings. The Bertz CT molecular complexity index is 890. The zero-order valence-corrected chi connectivity index (χ0v) is 15.9. The molecule has 6 heteroatoms. The molecule has 0 spiro atoms. The monoisotopic (exact) mass is 380 g/mol. The van der Waals surface area contributed by atoms with E-state index >= 15 is 0 Å². The van der Waals surface area contributed by atoms with Crippen LogP contribution in [0.25, 0.3) is 0 Å². The van der Waals surface area contributed by atoms with E-state index in [-0.39, 0.29) is 17.4 Å². The highest BCUT2D eigenvalue weighted by atomic mass is 16.4. The topological polar surface area (TPSA) is 86.7 Å². The van der Waals surface area contributed by atoms with E-state index in [0.29, 0.717) is 32.2 Å². The average Bonchev–Trinajstić information content (AvgIpc) is 2.69. The van der Waals surface area contributed by atoms with Crippen molar-refractivity contribution in [3.05, 3.63) is 59.2 Å². The largest absolute Gasteiger partial charge is 0.478 e. The van der Waals surface area contributed by atoms with Crippen molar-refractivity contribution in [3.63, 3.8) is 0 Å². The summed E-state index contributed by atoms with van der Waals surface area (Å²) in [5, 5.41) is 11.8. The molecule has 0 saturated heterocycles. The number of rotatable bonds is 7. The second-order valence-electron chi connectivity index (χ2n) is 6.94. The molecule has 28 heavy (non-hydrogen) atoms. The number of carbonyl (C=O) groups excluding carboxylic acids is 2. The highest BCUT2D eigenvalue weighted by Crippen LogP contribution is 2.30. The Hall–Kier alpha value is -3.15. The third kappa shape index (κ3) is 4.57. The van der Waals surface area contributed by atoms with Gasteiger partial charge in [0.1, 0.15) is 0 Å². The highest BCUT2D eigenvalue weighted by molar-refractivity contribution is 5.97. The molecule has 0 fully saturated rings. The first-order valence-electron chi connectivity index (χ1n) is 9.53. The summed E-state index contributed by atoms with van der Waals surface area (Å²) >= 11 is 0. The number of carboxylic acid groups (broad SMARTS) is 1. The normalized spacial score (nSPS) is 13.2. The molecule has 0 aliphatic carbocycles. The Morgan fingerprint density at radius 2 is 1.86 bits per heavy atom. The number of hydrogen-bond acceptors (Lipinski definition) is 3. The molecule has 1 aliphatic rings. The number of carbonyl (C=O) groups is 3. The summed E-state index contributed by atoms with van der Waals surface area (Å²) in [6.45, 7) is 2.75. The Balaban J connectivity index is 1.60. The number of aromatic carboxylic acids is 1. The number of carboxylic acids is 1. The fourth-order valence-electron chi connectivity index (χ4n) is 3.40. The van der Waals surface area contributed by atoms with Crippen molar-refractivity contribution in [2.75, 3.05) is 16.8 Å². The van der Waals surface area contributed by atoms with E-state index in [1.54, 1.807) is 24.3 Å². The summed E-state index contributed by atoms with van der Waals surface area (Å²) in [4.78, 5) is 37.1. The molecule has 6 nitrogen and oxygen atoms in total. The van der Waals surface area contributed by atoms with Crippen LogP contribution in [0.1, 0.15) is 47.7 Å². The van der Waals surface area contributed by atoms with Gasteiger partial charge in [-0.25, -0.2) is 4.79 Å². The van der Waals surface area contributed by atoms with Crippen molar-refractivity contribution < 1.29 is 19.5 Å². The van der Waals surface area contributed by atoms with Gasteiger partial charge >= 0.3 is 5.97 Å². The Morgan fingerprint density at radius 1 is 1.11 bits per heavy atom. The Morgan fingerprint density at radius 3 is 2.54 bits per heavy atom. The lowest BCUT2D eigenvalue weighted by Crippen LogP contribution is -2.35. The van der Waals surface area contributed by atoms with Gasteiger partial charge in [-0.3, -0.25) is 9.59 Å². The molecule has 1 heterocycles. The summed E-state index contributed by atoms with van der Waals surface area (Å²) in [5.74, 6) is -0.907. The number of nitrogens with one attached hydrogen (secondary N) is 1. The van der Waals surface area contributed by atoms with Crippen LogP contribution >= 0.6 is 0 Å². The lowest BCUT2D eigenvalue weighted by molar-refractivity contribution is -0.119. The summed E-state index contributed by atoms with van der Waals surface area (Å²) in [7, 11) is 0. The molecule has 1 aliphatic heterocycles. The van der Waals surface area contributed by atoms with Gasteiger partial charge in [0.2, 0.25) is 11.8 Å². The fraction of sp³-hybridized carbons (Fsp3) is 0.318. The van der Waals surface area contributed by atoms with E-state index < -0.39 is 5.97 Å². The summed E-state index contributed by atoms with van der Waals surface area (Å²) in [5.41, 5.74) is 3.90. The van der Waals surface area contributed by atoms with Gasteiger partial charge in [-0.05, 0) is 60.7 Å². The van der Waals surface area contributed by atoms with Crippen molar-refractivity contribution in [1.29, 1.82) is 0 Å². The van der Waals surface area contributed by atoms with Gasteiger partial charge in [0.15, 0.2) is 0 Å². The van der Waals surface area contributed by atoms with Crippen LogP contribution < -0.4 is 10.2 Å². The van der Waals surface area contributed by atoms with Crippen molar-refractivity contribution in [1.82, 2.24) is 0 Å². The van der Waals surface area contributed by atoms with Gasteiger partial charge in [0.05, 0.1) is 5.56 Å². The van der Waals surface area contributed by atoms with Crippen molar-refractivity contribution in [3.8, 4) is 0 Å². The molecule has 0 saturated carbocycles. The molecule has 0 unspecified atom stereocenters. The number of aryl methyl sites for hydroxylation is 2. The van der Waals surface area contributed by atoms with Crippen molar-refractivity contribution in [2.24, 2.45) is 0 Å². The van der Waals surface area contributed by atoms with E-state index in [4.69, 9.17) is 5.11 Å². The minimum absolute atomic E-state index is 0.0976. The Kier molecular flexibility index (Phi) is 6.09. The number of fused-ring (bicyclic) bond motifs is 1. The van der Waals surface area contributed by atoms with E-state index in [2.05, 4.69) is 5.32 Å². The highest BCUT2D eigenvalue weighted by Gasteiger charge is 2.23. The van der Waals surface area contributed by atoms with Crippen LogP contribution in [-0.4, -0.2) is 29.4 Å². The second kappa shape index (κ2) is 8.69. The van der Waals surface area contributed by atoms with E-state index in [0.717, 1.165) is 28.9 Å². The SMILES string of the molecule is CCCN1C(=O)CCc2cc(NC(=O)CCc3ccc(C(=O)O)cc3)ccc21. The third-order valence-electron chi connectivity index (χ3n) is 4.85. The van der Waals surface area contributed by atoms with Gasteiger partial charge < -0.3 is 15.3 Å². The van der Waals surface area contributed by atoms with Crippen molar-refractivity contribution in [2.45, 2.75) is 39.0 Å². The molecule has 0 aromatic heterocycles. The van der Waals surface area contributed by atoms with E-state index in [1.807, 2.05) is 30.0 Å². The lowest BCUT2D eigenvalue weighted by atomic mass is 10.00. The maximum absolute atomic E-state index is 12.3. The van der Waals surface area contributed by atoms with Crippen LogP contribution in [0.4, 0.5) is 11.4 Å². The van der Waals surface area contributed by atoms with Crippen LogP contribution in [0.2, 0.25) is 0 Å².